The summed E-state index contributed by atoms with van der Waals surface area (Å²) in [7, 11) is 0. The first-order chi connectivity index (χ1) is 10.8. The summed E-state index contributed by atoms with van der Waals surface area (Å²) in [5, 5.41) is 8.85. The van der Waals surface area contributed by atoms with Crippen LogP contribution in [-0.2, 0) is 20.5 Å². The van der Waals surface area contributed by atoms with Gasteiger partial charge in [0.2, 0.25) is 0 Å². The van der Waals surface area contributed by atoms with E-state index in [0.717, 1.165) is 12.1 Å². The molecular formula is C14H14F3NO5. The lowest BCUT2D eigenvalue weighted by molar-refractivity contribution is -0.159. The summed E-state index contributed by atoms with van der Waals surface area (Å²) < 4.78 is 47.8. The zero-order chi connectivity index (χ0) is 17.0. The number of morpholine rings is 1. The Balaban J connectivity index is 1.93. The second kappa shape index (κ2) is 6.86. The lowest BCUT2D eigenvalue weighted by Gasteiger charge is -2.30. The Morgan fingerprint density at radius 2 is 2.13 bits per heavy atom. The van der Waals surface area contributed by atoms with Crippen molar-refractivity contribution in [1.82, 2.24) is 4.90 Å². The largest absolute Gasteiger partial charge is 0.484 e. The first-order valence-corrected chi connectivity index (χ1v) is 6.69. The summed E-state index contributed by atoms with van der Waals surface area (Å²) in [5.74, 6) is -1.78. The van der Waals surface area contributed by atoms with Crippen molar-refractivity contribution in [2.24, 2.45) is 0 Å². The summed E-state index contributed by atoms with van der Waals surface area (Å²) in [6.07, 6.45) is -5.61. The molecule has 0 aromatic heterocycles. The predicted octanol–water partition coefficient (Wildman–Crippen LogP) is 1.40. The molecule has 1 atom stereocenters. The number of halogens is 3. The van der Waals surface area contributed by atoms with E-state index < -0.39 is 36.3 Å². The van der Waals surface area contributed by atoms with Crippen molar-refractivity contribution < 1.29 is 37.3 Å². The van der Waals surface area contributed by atoms with E-state index in [1.807, 2.05) is 0 Å². The number of amides is 1. The molecule has 23 heavy (non-hydrogen) atoms. The molecule has 1 heterocycles. The monoisotopic (exact) mass is 333 g/mol. The molecule has 0 spiro atoms. The number of aliphatic carboxylic acids is 1. The van der Waals surface area contributed by atoms with Gasteiger partial charge in [-0.1, -0.05) is 6.07 Å². The van der Waals surface area contributed by atoms with Gasteiger partial charge in [-0.15, -0.1) is 0 Å². The minimum atomic E-state index is -4.50. The van der Waals surface area contributed by atoms with Crippen LogP contribution in [0.5, 0.6) is 5.75 Å². The summed E-state index contributed by atoms with van der Waals surface area (Å²) in [6, 6.07) is 4.18. The molecule has 6 nitrogen and oxygen atoms in total. The molecule has 0 radical (unpaired) electrons. The van der Waals surface area contributed by atoms with Crippen LogP contribution in [0.4, 0.5) is 13.2 Å². The number of ether oxygens (including phenoxy) is 2. The van der Waals surface area contributed by atoms with E-state index >= 15 is 0 Å². The van der Waals surface area contributed by atoms with Crippen LogP contribution in [0, 0.1) is 0 Å². The third-order valence-corrected chi connectivity index (χ3v) is 3.22. The van der Waals surface area contributed by atoms with E-state index in [9.17, 15) is 22.8 Å². The number of benzene rings is 1. The Labute approximate surface area is 129 Å². The highest BCUT2D eigenvalue weighted by Gasteiger charge is 2.31. The highest BCUT2D eigenvalue weighted by Crippen LogP contribution is 2.31. The zero-order valence-electron chi connectivity index (χ0n) is 11.9. The molecule has 1 fully saturated rings. The number of alkyl halides is 3. The van der Waals surface area contributed by atoms with Gasteiger partial charge in [0.25, 0.3) is 5.91 Å². The predicted molar refractivity (Wildman–Crippen MR) is 70.9 cm³/mol. The number of carboxylic acid groups (broad SMARTS) is 1. The molecule has 0 aliphatic carbocycles. The van der Waals surface area contributed by atoms with Gasteiger partial charge in [0.15, 0.2) is 12.7 Å². The fraction of sp³-hybridized carbons (Fsp3) is 0.429. The van der Waals surface area contributed by atoms with Crippen molar-refractivity contribution in [3.8, 4) is 5.75 Å². The fourth-order valence-corrected chi connectivity index (χ4v) is 2.02. The fourth-order valence-electron chi connectivity index (χ4n) is 2.02. The minimum absolute atomic E-state index is 0.0757. The van der Waals surface area contributed by atoms with Gasteiger partial charge in [-0.25, -0.2) is 4.79 Å². The highest BCUT2D eigenvalue weighted by molar-refractivity contribution is 5.79. The van der Waals surface area contributed by atoms with Crippen LogP contribution in [0.15, 0.2) is 24.3 Å². The molecule has 2 rings (SSSR count). The molecule has 1 aromatic rings. The van der Waals surface area contributed by atoms with Crippen molar-refractivity contribution >= 4 is 11.9 Å². The van der Waals surface area contributed by atoms with Crippen LogP contribution in [-0.4, -0.2) is 54.3 Å². The van der Waals surface area contributed by atoms with Gasteiger partial charge in [-0.05, 0) is 18.2 Å². The lowest BCUT2D eigenvalue weighted by Crippen LogP contribution is -2.49. The number of carboxylic acids is 1. The first kappa shape index (κ1) is 17.1. The van der Waals surface area contributed by atoms with Crippen molar-refractivity contribution in [2.45, 2.75) is 12.3 Å². The molecule has 1 saturated heterocycles. The number of hydrogen-bond acceptors (Lipinski definition) is 4. The Bertz CT molecular complexity index is 590. The third-order valence-electron chi connectivity index (χ3n) is 3.22. The van der Waals surface area contributed by atoms with Crippen LogP contribution in [0.3, 0.4) is 0 Å². The average molecular weight is 333 g/mol. The average Bonchev–Trinajstić information content (AvgIpc) is 2.52. The molecule has 1 unspecified atom stereocenters. The molecular weight excluding hydrogens is 319 g/mol. The highest BCUT2D eigenvalue weighted by atomic mass is 19.4. The number of hydrogen-bond donors (Lipinski definition) is 1. The molecule has 1 amide bonds. The summed E-state index contributed by atoms with van der Waals surface area (Å²) >= 11 is 0. The van der Waals surface area contributed by atoms with Crippen molar-refractivity contribution in [3.05, 3.63) is 29.8 Å². The number of carbonyl (C=O) groups is 2. The first-order valence-electron chi connectivity index (χ1n) is 6.69. The molecule has 1 N–H and O–H groups in total. The maximum atomic E-state index is 12.6. The van der Waals surface area contributed by atoms with E-state index in [1.165, 1.54) is 17.0 Å². The van der Waals surface area contributed by atoms with Gasteiger partial charge in [0.05, 0.1) is 18.7 Å². The van der Waals surface area contributed by atoms with Gasteiger partial charge >= 0.3 is 12.1 Å². The van der Waals surface area contributed by atoms with Crippen LogP contribution >= 0.6 is 0 Å². The van der Waals surface area contributed by atoms with Crippen molar-refractivity contribution in [2.75, 3.05) is 26.3 Å². The van der Waals surface area contributed by atoms with Crippen LogP contribution < -0.4 is 4.74 Å². The Morgan fingerprint density at radius 1 is 1.39 bits per heavy atom. The van der Waals surface area contributed by atoms with E-state index in [1.54, 1.807) is 0 Å². The van der Waals surface area contributed by atoms with E-state index in [4.69, 9.17) is 14.6 Å². The smallest absolute Gasteiger partial charge is 0.416 e. The SMILES string of the molecule is O=C(O)C1CN(C(=O)COc2cccc(C(F)(F)F)c2)CCO1. The lowest BCUT2D eigenvalue weighted by atomic mass is 10.2. The molecule has 1 aromatic carbocycles. The minimum Gasteiger partial charge on any atom is -0.484 e. The second-order valence-corrected chi connectivity index (χ2v) is 4.85. The quantitative estimate of drug-likeness (QED) is 0.901. The number of nitrogens with zero attached hydrogens (tertiary/aromatic N) is 1. The van der Waals surface area contributed by atoms with Gasteiger partial charge in [-0.2, -0.15) is 13.2 Å². The zero-order valence-corrected chi connectivity index (χ0v) is 11.9. The summed E-state index contributed by atoms with van der Waals surface area (Å²) in [4.78, 5) is 24.0. The van der Waals surface area contributed by atoms with Gasteiger partial charge in [-0.3, -0.25) is 4.79 Å². The maximum absolute atomic E-state index is 12.6. The summed E-state index contributed by atoms with van der Waals surface area (Å²) in [6.45, 7) is -0.325. The molecule has 0 bridgehead atoms. The number of rotatable bonds is 4. The Kier molecular flexibility index (Phi) is 5.09. The van der Waals surface area contributed by atoms with Crippen LogP contribution in [0.1, 0.15) is 5.56 Å². The summed E-state index contributed by atoms with van der Waals surface area (Å²) in [5.41, 5.74) is -0.875. The topological polar surface area (TPSA) is 76.1 Å². The maximum Gasteiger partial charge on any atom is 0.416 e. The van der Waals surface area contributed by atoms with E-state index in [0.29, 0.717) is 0 Å². The number of carbonyl (C=O) groups excluding carboxylic acids is 1. The van der Waals surface area contributed by atoms with Gasteiger partial charge in [0.1, 0.15) is 5.75 Å². The van der Waals surface area contributed by atoms with Crippen LogP contribution in [0.25, 0.3) is 0 Å². The van der Waals surface area contributed by atoms with Crippen LogP contribution in [0.2, 0.25) is 0 Å². The molecule has 126 valence electrons. The van der Waals surface area contributed by atoms with Crippen molar-refractivity contribution in [3.63, 3.8) is 0 Å². The van der Waals surface area contributed by atoms with Gasteiger partial charge < -0.3 is 19.5 Å². The Hall–Kier alpha value is -2.29. The Morgan fingerprint density at radius 3 is 2.78 bits per heavy atom. The van der Waals surface area contributed by atoms with E-state index in [-0.39, 0.29) is 25.4 Å². The van der Waals surface area contributed by atoms with Gasteiger partial charge in [0, 0.05) is 6.54 Å². The molecule has 1 aliphatic heterocycles. The van der Waals surface area contributed by atoms with Crippen molar-refractivity contribution in [1.29, 1.82) is 0 Å². The molecule has 0 saturated carbocycles. The third kappa shape index (κ3) is 4.59. The second-order valence-electron chi connectivity index (χ2n) is 4.85. The normalized spacial score (nSPS) is 18.6. The molecule has 9 heteroatoms. The van der Waals surface area contributed by atoms with E-state index in [2.05, 4.69) is 0 Å². The molecule has 1 aliphatic rings. The standard InChI is InChI=1S/C14H14F3NO5/c15-14(16,17)9-2-1-3-10(6-9)23-8-12(19)18-4-5-22-11(7-18)13(20)21/h1-3,6,11H,4-5,7-8H2,(H,20,21).